The highest BCUT2D eigenvalue weighted by Crippen LogP contribution is 2.24. The second-order valence-electron chi connectivity index (χ2n) is 2.80. The molecule has 70 valence electrons. The predicted octanol–water partition coefficient (Wildman–Crippen LogP) is 3.06. The van der Waals surface area contributed by atoms with Crippen LogP contribution < -0.4 is 0 Å². The van der Waals surface area contributed by atoms with Gasteiger partial charge in [0, 0.05) is 5.56 Å². The Balaban J connectivity index is 2.58. The van der Waals surface area contributed by atoms with Crippen LogP contribution >= 0.6 is 0 Å². The van der Waals surface area contributed by atoms with Gasteiger partial charge in [-0.2, -0.15) is 4.39 Å². The molecule has 0 spiro atoms. The molecule has 0 N–H and O–H groups in total. The van der Waals surface area contributed by atoms with Crippen LogP contribution in [0.25, 0.3) is 11.3 Å². The number of hydrogen-bond donors (Lipinski definition) is 0. The van der Waals surface area contributed by atoms with Gasteiger partial charge in [-0.3, -0.25) is 4.79 Å². The van der Waals surface area contributed by atoms with Gasteiger partial charge in [-0.25, -0.2) is 0 Å². The van der Waals surface area contributed by atoms with E-state index in [9.17, 15) is 9.18 Å². The van der Waals surface area contributed by atoms with E-state index in [1.54, 1.807) is 30.3 Å². The summed E-state index contributed by atoms with van der Waals surface area (Å²) in [6, 6.07) is 8.34. The molecule has 0 bridgehead atoms. The summed E-state index contributed by atoms with van der Waals surface area (Å²) in [6.07, 6.45) is 1.48. The summed E-state index contributed by atoms with van der Waals surface area (Å²) >= 11 is 0. The summed E-state index contributed by atoms with van der Waals surface area (Å²) in [4.78, 5) is 10.7. The largest absolute Gasteiger partial charge is 0.464 e. The number of benzene rings is 1. The van der Waals surface area contributed by atoms with E-state index in [2.05, 4.69) is 0 Å². The van der Waals surface area contributed by atoms with Crippen LogP contribution in [-0.4, -0.2) is 6.04 Å². The first kappa shape index (κ1) is 8.69. The van der Waals surface area contributed by atoms with Crippen LogP contribution in [0, 0.1) is 0 Å². The number of hydrogen-bond acceptors (Lipinski definition) is 2. The topological polar surface area (TPSA) is 30.2 Å². The molecule has 0 aliphatic heterocycles. The van der Waals surface area contributed by atoms with Gasteiger partial charge in [-0.15, -0.1) is 0 Å². The molecule has 3 heteroatoms. The molecule has 0 unspecified atom stereocenters. The standard InChI is InChI=1S/C11H7FO2/c12-11(13)9-5-2-1-4-8(9)10-6-3-7-14-10/h1-7H. The van der Waals surface area contributed by atoms with E-state index in [0.29, 0.717) is 11.3 Å². The van der Waals surface area contributed by atoms with Crippen molar-refractivity contribution < 1.29 is 13.6 Å². The van der Waals surface area contributed by atoms with Crippen LogP contribution in [-0.2, 0) is 0 Å². The number of carbonyl (C=O) groups is 1. The molecule has 0 amide bonds. The van der Waals surface area contributed by atoms with Gasteiger partial charge >= 0.3 is 6.04 Å². The molecule has 1 heterocycles. The molecule has 0 atom stereocenters. The second kappa shape index (κ2) is 3.46. The molecule has 1 aromatic heterocycles. The quantitative estimate of drug-likeness (QED) is 0.681. The van der Waals surface area contributed by atoms with Crippen molar-refractivity contribution >= 4 is 6.04 Å². The fourth-order valence-electron chi connectivity index (χ4n) is 1.30. The van der Waals surface area contributed by atoms with Crippen molar-refractivity contribution in [3.8, 4) is 11.3 Å². The molecule has 0 saturated carbocycles. The summed E-state index contributed by atoms with van der Waals surface area (Å²) in [7, 11) is 0. The van der Waals surface area contributed by atoms with E-state index in [1.807, 2.05) is 0 Å². The van der Waals surface area contributed by atoms with Gasteiger partial charge in [0.15, 0.2) is 0 Å². The predicted molar refractivity (Wildman–Crippen MR) is 49.6 cm³/mol. The number of furan rings is 1. The Hall–Kier alpha value is -1.90. The Morgan fingerprint density at radius 1 is 1.14 bits per heavy atom. The van der Waals surface area contributed by atoms with Crippen molar-refractivity contribution in [1.29, 1.82) is 0 Å². The third-order valence-electron chi connectivity index (χ3n) is 1.93. The summed E-state index contributed by atoms with van der Waals surface area (Å²) < 4.78 is 17.7. The lowest BCUT2D eigenvalue weighted by Gasteiger charge is -2.00. The molecular formula is C11H7FO2. The first-order valence-electron chi connectivity index (χ1n) is 4.12. The Labute approximate surface area is 80.0 Å². The zero-order valence-corrected chi connectivity index (χ0v) is 7.24. The van der Waals surface area contributed by atoms with Gasteiger partial charge in [0.1, 0.15) is 5.76 Å². The smallest absolute Gasteiger partial charge is 0.332 e. The summed E-state index contributed by atoms with van der Waals surface area (Å²) in [5.74, 6) is 0.492. The van der Waals surface area contributed by atoms with Crippen LogP contribution in [0.3, 0.4) is 0 Å². The van der Waals surface area contributed by atoms with Crippen LogP contribution in [0.5, 0.6) is 0 Å². The summed E-state index contributed by atoms with van der Waals surface area (Å²) in [5.41, 5.74) is 0.507. The molecule has 0 saturated heterocycles. The second-order valence-corrected chi connectivity index (χ2v) is 2.80. The minimum atomic E-state index is -1.45. The maximum absolute atomic E-state index is 12.6. The first-order chi connectivity index (χ1) is 6.79. The number of carbonyl (C=O) groups excluding carboxylic acids is 1. The van der Waals surface area contributed by atoms with Crippen LogP contribution in [0.15, 0.2) is 47.1 Å². The van der Waals surface area contributed by atoms with Crippen molar-refractivity contribution in [2.75, 3.05) is 0 Å². The van der Waals surface area contributed by atoms with E-state index in [-0.39, 0.29) is 5.56 Å². The van der Waals surface area contributed by atoms with Gasteiger partial charge < -0.3 is 4.42 Å². The molecule has 0 aliphatic rings. The van der Waals surface area contributed by atoms with E-state index in [1.165, 1.54) is 12.3 Å². The van der Waals surface area contributed by atoms with Crippen molar-refractivity contribution in [2.24, 2.45) is 0 Å². The van der Waals surface area contributed by atoms with Crippen LogP contribution in [0.1, 0.15) is 10.4 Å². The molecule has 0 radical (unpaired) electrons. The molecule has 1 aromatic carbocycles. The highest BCUT2D eigenvalue weighted by atomic mass is 19.1. The Bertz CT molecular complexity index is 446. The van der Waals surface area contributed by atoms with Crippen molar-refractivity contribution in [3.05, 3.63) is 48.2 Å². The molecule has 14 heavy (non-hydrogen) atoms. The minimum absolute atomic E-state index is 0.0300. The molecule has 2 rings (SSSR count). The monoisotopic (exact) mass is 190 g/mol. The Morgan fingerprint density at radius 3 is 2.57 bits per heavy atom. The van der Waals surface area contributed by atoms with Crippen molar-refractivity contribution in [1.82, 2.24) is 0 Å². The molecule has 0 aliphatic carbocycles. The zero-order valence-electron chi connectivity index (χ0n) is 7.24. The lowest BCUT2D eigenvalue weighted by atomic mass is 10.1. The third kappa shape index (κ3) is 1.44. The number of rotatable bonds is 2. The van der Waals surface area contributed by atoms with Gasteiger partial charge in [0.2, 0.25) is 0 Å². The van der Waals surface area contributed by atoms with Crippen LogP contribution in [0.2, 0.25) is 0 Å². The van der Waals surface area contributed by atoms with Crippen molar-refractivity contribution in [3.63, 3.8) is 0 Å². The van der Waals surface area contributed by atoms with Crippen molar-refractivity contribution in [2.45, 2.75) is 0 Å². The maximum Gasteiger partial charge on any atom is 0.332 e. The van der Waals surface area contributed by atoms with Gasteiger partial charge in [-0.1, -0.05) is 18.2 Å². The SMILES string of the molecule is O=C(F)c1ccccc1-c1ccco1. The fourth-order valence-corrected chi connectivity index (χ4v) is 1.30. The first-order valence-corrected chi connectivity index (χ1v) is 4.12. The lowest BCUT2D eigenvalue weighted by molar-refractivity contribution is 0.0836. The average Bonchev–Trinajstić information content (AvgIpc) is 2.70. The Kier molecular flexibility index (Phi) is 2.14. The van der Waals surface area contributed by atoms with E-state index < -0.39 is 6.04 Å². The molecule has 0 fully saturated rings. The zero-order chi connectivity index (χ0) is 9.97. The van der Waals surface area contributed by atoms with Gasteiger partial charge in [0.05, 0.1) is 11.8 Å². The minimum Gasteiger partial charge on any atom is -0.464 e. The molecular weight excluding hydrogens is 183 g/mol. The van der Waals surface area contributed by atoms with E-state index in [4.69, 9.17) is 4.42 Å². The summed E-state index contributed by atoms with van der Waals surface area (Å²) in [6.45, 7) is 0. The van der Waals surface area contributed by atoms with Gasteiger partial charge in [0.25, 0.3) is 0 Å². The number of halogens is 1. The third-order valence-corrected chi connectivity index (χ3v) is 1.93. The Morgan fingerprint density at radius 2 is 1.93 bits per heavy atom. The lowest BCUT2D eigenvalue weighted by Crippen LogP contribution is -1.92. The van der Waals surface area contributed by atoms with E-state index >= 15 is 0 Å². The normalized spacial score (nSPS) is 10.1. The van der Waals surface area contributed by atoms with Crippen LogP contribution in [0.4, 0.5) is 4.39 Å². The molecule has 2 aromatic rings. The van der Waals surface area contributed by atoms with Gasteiger partial charge in [-0.05, 0) is 18.2 Å². The van der Waals surface area contributed by atoms with E-state index in [0.717, 1.165) is 0 Å². The highest BCUT2D eigenvalue weighted by molar-refractivity contribution is 5.95. The summed E-state index contributed by atoms with van der Waals surface area (Å²) in [5, 5.41) is 0. The molecule has 2 nitrogen and oxygen atoms in total. The fraction of sp³-hybridized carbons (Fsp3) is 0. The highest BCUT2D eigenvalue weighted by Gasteiger charge is 2.12. The maximum atomic E-state index is 12.6. The average molecular weight is 190 g/mol.